The third-order valence-electron chi connectivity index (χ3n) is 3.52. The third kappa shape index (κ3) is 3.07. The number of aryl methyl sites for hydroxylation is 1. The van der Waals surface area contributed by atoms with Crippen molar-refractivity contribution in [3.05, 3.63) is 42.2 Å². The molecule has 20 heavy (non-hydrogen) atoms. The summed E-state index contributed by atoms with van der Waals surface area (Å²) in [5, 5.41) is 0. The van der Waals surface area contributed by atoms with Gasteiger partial charge in [-0.15, -0.1) is 0 Å². The van der Waals surface area contributed by atoms with Crippen molar-refractivity contribution in [2.45, 2.75) is 26.2 Å². The van der Waals surface area contributed by atoms with Crippen molar-refractivity contribution in [1.82, 2.24) is 9.97 Å². The molecule has 0 saturated carbocycles. The van der Waals surface area contributed by atoms with Crippen molar-refractivity contribution in [2.75, 3.05) is 18.0 Å². The lowest BCUT2D eigenvalue weighted by molar-refractivity contribution is 0.460. The van der Waals surface area contributed by atoms with Crippen LogP contribution in [0.25, 0.3) is 0 Å². The SMILES string of the molecule is Cc1cccc(Oc2cc(N3CCCCC3)ncn2)c1. The van der Waals surface area contributed by atoms with E-state index in [1.165, 1.54) is 24.8 Å². The largest absolute Gasteiger partial charge is 0.439 e. The Bertz CT molecular complexity index is 579. The fraction of sp³-hybridized carbons (Fsp3) is 0.375. The molecule has 3 rings (SSSR count). The second kappa shape index (κ2) is 5.90. The quantitative estimate of drug-likeness (QED) is 0.853. The predicted octanol–water partition coefficient (Wildman–Crippen LogP) is 3.57. The van der Waals surface area contributed by atoms with Gasteiger partial charge in [0.1, 0.15) is 17.9 Å². The van der Waals surface area contributed by atoms with Gasteiger partial charge >= 0.3 is 0 Å². The lowest BCUT2D eigenvalue weighted by Crippen LogP contribution is -2.30. The molecule has 4 heteroatoms. The zero-order chi connectivity index (χ0) is 13.8. The van der Waals surface area contributed by atoms with Crippen LogP contribution in [-0.2, 0) is 0 Å². The highest BCUT2D eigenvalue weighted by atomic mass is 16.5. The average molecular weight is 269 g/mol. The Hall–Kier alpha value is -2.10. The van der Waals surface area contributed by atoms with Gasteiger partial charge < -0.3 is 9.64 Å². The minimum Gasteiger partial charge on any atom is -0.439 e. The number of anilines is 1. The molecule has 0 atom stereocenters. The zero-order valence-electron chi connectivity index (χ0n) is 11.7. The van der Waals surface area contributed by atoms with E-state index in [4.69, 9.17) is 4.74 Å². The molecule has 0 spiro atoms. The number of rotatable bonds is 3. The fourth-order valence-corrected chi connectivity index (χ4v) is 2.48. The average Bonchev–Trinajstić information content (AvgIpc) is 2.48. The maximum Gasteiger partial charge on any atom is 0.224 e. The van der Waals surface area contributed by atoms with Gasteiger partial charge in [-0.2, -0.15) is 0 Å². The molecule has 1 aromatic heterocycles. The maximum absolute atomic E-state index is 5.81. The summed E-state index contributed by atoms with van der Waals surface area (Å²) >= 11 is 0. The van der Waals surface area contributed by atoms with Crippen molar-refractivity contribution in [1.29, 1.82) is 0 Å². The molecule has 1 aromatic carbocycles. The van der Waals surface area contributed by atoms with E-state index in [-0.39, 0.29) is 0 Å². The summed E-state index contributed by atoms with van der Waals surface area (Å²) in [4.78, 5) is 10.9. The molecule has 2 heterocycles. The van der Waals surface area contributed by atoms with Crippen molar-refractivity contribution in [3.8, 4) is 11.6 Å². The fourth-order valence-electron chi connectivity index (χ4n) is 2.48. The van der Waals surface area contributed by atoms with Crippen LogP contribution in [0, 0.1) is 6.92 Å². The monoisotopic (exact) mass is 269 g/mol. The van der Waals surface area contributed by atoms with Crippen LogP contribution in [0.2, 0.25) is 0 Å². The molecule has 0 radical (unpaired) electrons. The molecule has 0 bridgehead atoms. The summed E-state index contributed by atoms with van der Waals surface area (Å²) < 4.78 is 5.81. The summed E-state index contributed by atoms with van der Waals surface area (Å²) in [5.41, 5.74) is 1.17. The zero-order valence-corrected chi connectivity index (χ0v) is 11.7. The molecule has 1 fully saturated rings. The van der Waals surface area contributed by atoms with Gasteiger partial charge in [0.15, 0.2) is 0 Å². The minimum absolute atomic E-state index is 0.603. The summed E-state index contributed by atoms with van der Waals surface area (Å²) in [6, 6.07) is 9.90. The van der Waals surface area contributed by atoms with Crippen LogP contribution >= 0.6 is 0 Å². The van der Waals surface area contributed by atoms with E-state index in [0.29, 0.717) is 5.88 Å². The van der Waals surface area contributed by atoms with Crippen molar-refractivity contribution in [2.24, 2.45) is 0 Å². The van der Waals surface area contributed by atoms with Crippen LogP contribution in [0.1, 0.15) is 24.8 Å². The third-order valence-corrected chi connectivity index (χ3v) is 3.52. The van der Waals surface area contributed by atoms with E-state index < -0.39 is 0 Å². The van der Waals surface area contributed by atoms with Gasteiger partial charge in [0.05, 0.1) is 0 Å². The van der Waals surface area contributed by atoms with Gasteiger partial charge in [0.2, 0.25) is 5.88 Å². The van der Waals surface area contributed by atoms with Crippen LogP contribution in [0.15, 0.2) is 36.7 Å². The Labute approximate surface area is 119 Å². The molecule has 0 aliphatic carbocycles. The molecule has 1 aliphatic rings. The van der Waals surface area contributed by atoms with Crippen molar-refractivity contribution in [3.63, 3.8) is 0 Å². The number of nitrogens with zero attached hydrogens (tertiary/aromatic N) is 3. The minimum atomic E-state index is 0.603. The van der Waals surface area contributed by atoms with Crippen molar-refractivity contribution < 1.29 is 4.74 Å². The highest BCUT2D eigenvalue weighted by Crippen LogP contribution is 2.24. The molecule has 4 nitrogen and oxygen atoms in total. The number of ether oxygens (including phenoxy) is 1. The van der Waals surface area contributed by atoms with Crippen molar-refractivity contribution >= 4 is 5.82 Å². The normalized spacial score (nSPS) is 15.2. The first-order chi connectivity index (χ1) is 9.81. The van der Waals surface area contributed by atoms with Gasteiger partial charge in [-0.05, 0) is 43.9 Å². The van der Waals surface area contributed by atoms with Gasteiger partial charge in [-0.1, -0.05) is 12.1 Å². The molecule has 104 valence electrons. The maximum atomic E-state index is 5.81. The van der Waals surface area contributed by atoms with Crippen LogP contribution in [0.4, 0.5) is 5.82 Å². The molecular formula is C16H19N3O. The topological polar surface area (TPSA) is 38.2 Å². The van der Waals surface area contributed by atoms with E-state index in [9.17, 15) is 0 Å². The van der Waals surface area contributed by atoms with Gasteiger partial charge in [0, 0.05) is 19.2 Å². The number of benzene rings is 1. The first kappa shape index (κ1) is 12.9. The first-order valence-electron chi connectivity index (χ1n) is 7.13. The first-order valence-corrected chi connectivity index (χ1v) is 7.13. The Morgan fingerprint density at radius 1 is 1.05 bits per heavy atom. The van der Waals surface area contributed by atoms with Gasteiger partial charge in [-0.3, -0.25) is 0 Å². The lowest BCUT2D eigenvalue weighted by atomic mass is 10.1. The summed E-state index contributed by atoms with van der Waals surface area (Å²) in [7, 11) is 0. The van der Waals surface area contributed by atoms with Crippen LogP contribution in [-0.4, -0.2) is 23.1 Å². The van der Waals surface area contributed by atoms with Gasteiger partial charge in [-0.25, -0.2) is 9.97 Å². The van der Waals surface area contributed by atoms with E-state index in [1.54, 1.807) is 6.33 Å². The molecule has 1 aliphatic heterocycles. The Kier molecular flexibility index (Phi) is 3.81. The number of hydrogen-bond donors (Lipinski definition) is 0. The number of piperidine rings is 1. The summed E-state index contributed by atoms with van der Waals surface area (Å²) in [6.07, 6.45) is 5.36. The van der Waals surface area contributed by atoms with E-state index >= 15 is 0 Å². The smallest absolute Gasteiger partial charge is 0.224 e. The highest BCUT2D eigenvalue weighted by molar-refractivity contribution is 5.42. The van der Waals surface area contributed by atoms with Crippen LogP contribution in [0.5, 0.6) is 11.6 Å². The lowest BCUT2D eigenvalue weighted by Gasteiger charge is -2.27. The van der Waals surface area contributed by atoms with E-state index in [0.717, 1.165) is 24.7 Å². The summed E-state index contributed by atoms with van der Waals surface area (Å²) in [5.74, 6) is 2.38. The number of hydrogen-bond acceptors (Lipinski definition) is 4. The Morgan fingerprint density at radius 2 is 1.90 bits per heavy atom. The molecule has 1 saturated heterocycles. The van der Waals surface area contributed by atoms with E-state index in [2.05, 4.69) is 14.9 Å². The van der Waals surface area contributed by atoms with Crippen LogP contribution in [0.3, 0.4) is 0 Å². The second-order valence-electron chi connectivity index (χ2n) is 5.18. The van der Waals surface area contributed by atoms with Gasteiger partial charge in [0.25, 0.3) is 0 Å². The highest BCUT2D eigenvalue weighted by Gasteiger charge is 2.13. The van der Waals surface area contributed by atoms with E-state index in [1.807, 2.05) is 37.3 Å². The number of aromatic nitrogens is 2. The van der Waals surface area contributed by atoms with Crippen LogP contribution < -0.4 is 9.64 Å². The molecule has 0 unspecified atom stereocenters. The Morgan fingerprint density at radius 3 is 2.70 bits per heavy atom. The standard InChI is InChI=1S/C16H19N3O/c1-13-6-5-7-14(10-13)20-16-11-15(17-12-18-16)19-8-3-2-4-9-19/h5-7,10-12H,2-4,8-9H2,1H3. The Balaban J connectivity index is 1.77. The predicted molar refractivity (Wildman–Crippen MR) is 79.3 cm³/mol. The molecular weight excluding hydrogens is 250 g/mol. The summed E-state index contributed by atoms with van der Waals surface area (Å²) in [6.45, 7) is 4.19. The molecule has 2 aromatic rings. The molecule has 0 N–H and O–H groups in total. The second-order valence-corrected chi connectivity index (χ2v) is 5.18. The molecule has 0 amide bonds.